The van der Waals surface area contributed by atoms with Crippen LogP contribution in [0.4, 0.5) is 0 Å². The Morgan fingerprint density at radius 3 is 2.81 bits per heavy atom. The molecule has 6 heteroatoms. The van der Waals surface area contributed by atoms with Crippen LogP contribution in [0.1, 0.15) is 24.7 Å². The van der Waals surface area contributed by atoms with Gasteiger partial charge in [0, 0.05) is 31.9 Å². The largest absolute Gasteiger partial charge is 0.343 e. The molecule has 2 aromatic rings. The van der Waals surface area contributed by atoms with E-state index in [9.17, 15) is 4.79 Å². The molecule has 1 aliphatic heterocycles. The van der Waals surface area contributed by atoms with E-state index in [1.54, 1.807) is 13.1 Å². The summed E-state index contributed by atoms with van der Waals surface area (Å²) >= 11 is 0. The van der Waals surface area contributed by atoms with Crippen molar-refractivity contribution in [2.75, 3.05) is 13.1 Å². The average molecular weight is 285 g/mol. The van der Waals surface area contributed by atoms with Gasteiger partial charge >= 0.3 is 0 Å². The fourth-order valence-corrected chi connectivity index (χ4v) is 2.72. The van der Waals surface area contributed by atoms with Crippen LogP contribution < -0.4 is 0 Å². The minimum Gasteiger partial charge on any atom is -0.343 e. The maximum atomic E-state index is 11.3. The maximum Gasteiger partial charge on any atom is 0.219 e. The SMILES string of the molecule is CC(=O)N1CCC(Cc2cnc(-c3cc(C)[nH]n3)cn2)C1. The maximum absolute atomic E-state index is 11.3. The smallest absolute Gasteiger partial charge is 0.219 e. The third kappa shape index (κ3) is 3.09. The van der Waals surface area contributed by atoms with Crippen molar-refractivity contribution >= 4 is 5.91 Å². The van der Waals surface area contributed by atoms with Crippen molar-refractivity contribution in [1.82, 2.24) is 25.1 Å². The van der Waals surface area contributed by atoms with Gasteiger partial charge < -0.3 is 4.90 Å². The van der Waals surface area contributed by atoms with Crippen molar-refractivity contribution in [2.45, 2.75) is 26.7 Å². The Labute approximate surface area is 123 Å². The van der Waals surface area contributed by atoms with Crippen LogP contribution in [0.25, 0.3) is 11.4 Å². The number of likely N-dealkylation sites (tertiary alicyclic amines) is 1. The molecule has 6 nitrogen and oxygen atoms in total. The molecule has 0 radical (unpaired) electrons. The predicted octanol–water partition coefficient (Wildman–Crippen LogP) is 1.59. The molecular formula is C15H19N5O. The summed E-state index contributed by atoms with van der Waals surface area (Å²) in [6.45, 7) is 5.28. The van der Waals surface area contributed by atoms with Gasteiger partial charge in [-0.3, -0.25) is 19.9 Å². The fraction of sp³-hybridized carbons (Fsp3) is 0.467. The third-order valence-electron chi connectivity index (χ3n) is 3.90. The molecule has 1 N–H and O–H groups in total. The minimum atomic E-state index is 0.160. The molecule has 1 saturated heterocycles. The number of H-pyrrole nitrogens is 1. The molecule has 110 valence electrons. The molecule has 1 fully saturated rings. The predicted molar refractivity (Wildman–Crippen MR) is 78.4 cm³/mol. The summed E-state index contributed by atoms with van der Waals surface area (Å²) in [7, 11) is 0. The Kier molecular flexibility index (Phi) is 3.68. The van der Waals surface area contributed by atoms with Crippen LogP contribution in [0.15, 0.2) is 18.5 Å². The highest BCUT2D eigenvalue weighted by molar-refractivity contribution is 5.73. The number of hydrogen-bond donors (Lipinski definition) is 1. The molecule has 1 aliphatic rings. The van der Waals surface area contributed by atoms with Crippen LogP contribution in [0.3, 0.4) is 0 Å². The molecule has 1 unspecified atom stereocenters. The molecule has 1 amide bonds. The molecular weight excluding hydrogens is 266 g/mol. The Morgan fingerprint density at radius 2 is 2.24 bits per heavy atom. The zero-order valence-electron chi connectivity index (χ0n) is 12.3. The van der Waals surface area contributed by atoms with Gasteiger partial charge in [-0.2, -0.15) is 5.10 Å². The average Bonchev–Trinajstić information content (AvgIpc) is 3.09. The second-order valence-electron chi connectivity index (χ2n) is 5.65. The van der Waals surface area contributed by atoms with Crippen molar-refractivity contribution in [1.29, 1.82) is 0 Å². The summed E-state index contributed by atoms with van der Waals surface area (Å²) < 4.78 is 0. The third-order valence-corrected chi connectivity index (χ3v) is 3.90. The van der Waals surface area contributed by atoms with Gasteiger partial charge in [0.1, 0.15) is 11.4 Å². The highest BCUT2D eigenvalue weighted by Crippen LogP contribution is 2.20. The van der Waals surface area contributed by atoms with E-state index in [-0.39, 0.29) is 5.91 Å². The van der Waals surface area contributed by atoms with E-state index in [2.05, 4.69) is 20.2 Å². The number of rotatable bonds is 3. The number of carbonyl (C=O) groups excluding carboxylic acids is 1. The number of aryl methyl sites for hydroxylation is 1. The van der Waals surface area contributed by atoms with Crippen LogP contribution in [0.2, 0.25) is 0 Å². The van der Waals surface area contributed by atoms with Gasteiger partial charge in [0.05, 0.1) is 11.9 Å². The van der Waals surface area contributed by atoms with E-state index in [4.69, 9.17) is 0 Å². The minimum absolute atomic E-state index is 0.160. The summed E-state index contributed by atoms with van der Waals surface area (Å²) in [5.41, 5.74) is 3.57. The Morgan fingerprint density at radius 1 is 1.38 bits per heavy atom. The van der Waals surface area contributed by atoms with Crippen LogP contribution in [0, 0.1) is 12.8 Å². The lowest BCUT2D eigenvalue weighted by molar-refractivity contribution is -0.127. The van der Waals surface area contributed by atoms with E-state index >= 15 is 0 Å². The summed E-state index contributed by atoms with van der Waals surface area (Å²) in [6, 6.07) is 1.95. The normalized spacial score (nSPS) is 18.2. The zero-order valence-corrected chi connectivity index (χ0v) is 12.3. The Bertz CT molecular complexity index is 634. The summed E-state index contributed by atoms with van der Waals surface area (Å²) in [5, 5.41) is 7.08. The van der Waals surface area contributed by atoms with Gasteiger partial charge in [-0.05, 0) is 31.7 Å². The highest BCUT2D eigenvalue weighted by atomic mass is 16.2. The molecule has 0 aliphatic carbocycles. The van der Waals surface area contributed by atoms with Crippen molar-refractivity contribution in [3.05, 3.63) is 29.8 Å². The molecule has 3 rings (SSSR count). The van der Waals surface area contributed by atoms with Crippen LogP contribution >= 0.6 is 0 Å². The monoisotopic (exact) mass is 285 g/mol. The first kappa shape index (κ1) is 13.7. The number of amides is 1. The van der Waals surface area contributed by atoms with Crippen molar-refractivity contribution in [2.24, 2.45) is 5.92 Å². The van der Waals surface area contributed by atoms with Gasteiger partial charge in [0.15, 0.2) is 0 Å². The number of aromatic nitrogens is 4. The number of aromatic amines is 1. The molecule has 1 atom stereocenters. The fourth-order valence-electron chi connectivity index (χ4n) is 2.72. The molecule has 0 aromatic carbocycles. The van der Waals surface area contributed by atoms with E-state index in [1.165, 1.54) is 0 Å². The first-order valence-corrected chi connectivity index (χ1v) is 7.20. The van der Waals surface area contributed by atoms with E-state index in [1.807, 2.05) is 24.1 Å². The summed E-state index contributed by atoms with van der Waals surface area (Å²) in [4.78, 5) is 22.1. The lowest BCUT2D eigenvalue weighted by Crippen LogP contribution is -2.26. The Balaban J connectivity index is 1.64. The van der Waals surface area contributed by atoms with Gasteiger partial charge in [-0.15, -0.1) is 0 Å². The van der Waals surface area contributed by atoms with Crippen molar-refractivity contribution < 1.29 is 4.79 Å². The first-order chi connectivity index (χ1) is 10.1. The number of hydrogen-bond acceptors (Lipinski definition) is 4. The van der Waals surface area contributed by atoms with Crippen LogP contribution in [-0.4, -0.2) is 44.1 Å². The molecule has 0 saturated carbocycles. The van der Waals surface area contributed by atoms with Crippen LogP contribution in [-0.2, 0) is 11.2 Å². The molecule has 2 aromatic heterocycles. The molecule has 0 bridgehead atoms. The van der Waals surface area contributed by atoms with Gasteiger partial charge in [-0.25, -0.2) is 0 Å². The standard InChI is InChI=1S/C15H19N5O/c1-10-5-14(19-18-10)15-8-16-13(7-17-15)6-12-3-4-20(9-12)11(2)21/h5,7-8,12H,3-4,6,9H2,1-2H3,(H,18,19). The van der Waals surface area contributed by atoms with Gasteiger partial charge in [0.25, 0.3) is 0 Å². The molecule has 0 spiro atoms. The number of nitrogens with one attached hydrogen (secondary N) is 1. The summed E-state index contributed by atoms with van der Waals surface area (Å²) in [5.74, 6) is 0.648. The molecule has 21 heavy (non-hydrogen) atoms. The van der Waals surface area contributed by atoms with E-state index in [0.717, 1.165) is 48.7 Å². The summed E-state index contributed by atoms with van der Waals surface area (Å²) in [6.07, 6.45) is 5.50. The lowest BCUT2D eigenvalue weighted by atomic mass is 10.0. The Hall–Kier alpha value is -2.24. The van der Waals surface area contributed by atoms with Gasteiger partial charge in [-0.1, -0.05) is 0 Å². The van der Waals surface area contributed by atoms with Crippen LogP contribution in [0.5, 0.6) is 0 Å². The quantitative estimate of drug-likeness (QED) is 0.929. The van der Waals surface area contributed by atoms with Gasteiger partial charge in [0.2, 0.25) is 5.91 Å². The topological polar surface area (TPSA) is 74.8 Å². The van der Waals surface area contributed by atoms with E-state index < -0.39 is 0 Å². The van der Waals surface area contributed by atoms with Crippen molar-refractivity contribution in [3.63, 3.8) is 0 Å². The first-order valence-electron chi connectivity index (χ1n) is 7.20. The van der Waals surface area contributed by atoms with E-state index in [0.29, 0.717) is 5.92 Å². The highest BCUT2D eigenvalue weighted by Gasteiger charge is 2.24. The second-order valence-corrected chi connectivity index (χ2v) is 5.65. The number of nitrogens with zero attached hydrogens (tertiary/aromatic N) is 4. The molecule has 3 heterocycles. The number of carbonyl (C=O) groups is 1. The van der Waals surface area contributed by atoms with Crippen molar-refractivity contribution in [3.8, 4) is 11.4 Å². The zero-order chi connectivity index (χ0) is 14.8. The lowest BCUT2D eigenvalue weighted by Gasteiger charge is -2.13. The second kappa shape index (κ2) is 5.63.